The molecular formula is C19H15FN2O3. The number of aliphatic hydroxyl groups is 1. The number of fused-ring (bicyclic) bond motifs is 2. The molecule has 0 aliphatic heterocycles. The maximum absolute atomic E-state index is 13.4. The van der Waals surface area contributed by atoms with Crippen LogP contribution >= 0.6 is 0 Å². The first-order valence-corrected chi connectivity index (χ1v) is 7.92. The largest absolute Gasteiger partial charge is 0.390 e. The number of carbonyl (C=O) groups is 1. The normalized spacial score (nSPS) is 19.0. The lowest BCUT2D eigenvalue weighted by Crippen LogP contribution is -2.34. The summed E-state index contributed by atoms with van der Waals surface area (Å²) in [4.78, 5) is 27.1. The van der Waals surface area contributed by atoms with E-state index in [-0.39, 0.29) is 11.1 Å². The molecule has 2 atom stereocenters. The first kappa shape index (κ1) is 15.5. The molecule has 0 unspecified atom stereocenters. The number of hydrogen-bond donors (Lipinski definition) is 3. The van der Waals surface area contributed by atoms with Crippen LogP contribution in [0.3, 0.4) is 0 Å². The predicted molar refractivity (Wildman–Crippen MR) is 90.9 cm³/mol. The number of H-pyrrole nitrogens is 1. The number of benzene rings is 2. The second kappa shape index (κ2) is 5.82. The van der Waals surface area contributed by atoms with Crippen molar-refractivity contribution in [2.24, 2.45) is 0 Å². The SMILES string of the molecule is O=C(N[C@H]1c2ccccc2C[C@H]1O)c1cc(=O)[nH]c2cc(F)ccc12. The predicted octanol–water partition coefficient (Wildman–Crippen LogP) is 2.06. The van der Waals surface area contributed by atoms with Crippen molar-refractivity contribution in [2.45, 2.75) is 18.6 Å². The number of aromatic nitrogens is 1. The zero-order chi connectivity index (χ0) is 17.6. The van der Waals surface area contributed by atoms with E-state index in [0.717, 1.165) is 11.1 Å². The molecule has 0 spiro atoms. The molecular weight excluding hydrogens is 323 g/mol. The number of aliphatic hydroxyl groups excluding tert-OH is 1. The van der Waals surface area contributed by atoms with Crippen molar-refractivity contribution in [3.05, 3.63) is 81.4 Å². The maximum Gasteiger partial charge on any atom is 0.252 e. The van der Waals surface area contributed by atoms with Crippen LogP contribution in [-0.4, -0.2) is 22.1 Å². The van der Waals surface area contributed by atoms with Crippen molar-refractivity contribution >= 4 is 16.8 Å². The van der Waals surface area contributed by atoms with Crippen LogP contribution in [0.4, 0.5) is 4.39 Å². The summed E-state index contributed by atoms with van der Waals surface area (Å²) in [7, 11) is 0. The highest BCUT2D eigenvalue weighted by Crippen LogP contribution is 2.31. The van der Waals surface area contributed by atoms with Crippen molar-refractivity contribution in [2.75, 3.05) is 0 Å². The minimum atomic E-state index is -0.730. The average Bonchev–Trinajstić information content (AvgIpc) is 2.89. The van der Waals surface area contributed by atoms with E-state index in [0.29, 0.717) is 11.8 Å². The highest BCUT2D eigenvalue weighted by atomic mass is 19.1. The molecule has 3 N–H and O–H groups in total. The second-order valence-electron chi connectivity index (χ2n) is 6.16. The fourth-order valence-corrected chi connectivity index (χ4v) is 3.39. The Morgan fingerprint density at radius 3 is 2.84 bits per heavy atom. The second-order valence-corrected chi connectivity index (χ2v) is 6.16. The Bertz CT molecular complexity index is 1040. The third-order valence-electron chi connectivity index (χ3n) is 4.54. The molecule has 1 aliphatic rings. The van der Waals surface area contributed by atoms with Gasteiger partial charge in [0.1, 0.15) is 5.82 Å². The summed E-state index contributed by atoms with van der Waals surface area (Å²) in [6.45, 7) is 0. The summed E-state index contributed by atoms with van der Waals surface area (Å²) in [6, 6.07) is 12.0. The first-order chi connectivity index (χ1) is 12.0. The van der Waals surface area contributed by atoms with Gasteiger partial charge in [0.25, 0.3) is 5.91 Å². The summed E-state index contributed by atoms with van der Waals surface area (Å²) in [5.41, 5.74) is 1.76. The number of nitrogens with one attached hydrogen (secondary N) is 2. The molecule has 3 aromatic rings. The third-order valence-corrected chi connectivity index (χ3v) is 4.54. The minimum absolute atomic E-state index is 0.148. The van der Waals surface area contributed by atoms with E-state index in [1.54, 1.807) is 0 Å². The zero-order valence-corrected chi connectivity index (χ0v) is 13.1. The number of amides is 1. The topological polar surface area (TPSA) is 82.2 Å². The van der Waals surface area contributed by atoms with Gasteiger partial charge in [-0.25, -0.2) is 4.39 Å². The molecule has 0 saturated heterocycles. The summed E-state index contributed by atoms with van der Waals surface area (Å²) in [5, 5.41) is 13.5. The summed E-state index contributed by atoms with van der Waals surface area (Å²) < 4.78 is 13.4. The highest BCUT2D eigenvalue weighted by Gasteiger charge is 2.32. The van der Waals surface area contributed by atoms with Gasteiger partial charge >= 0.3 is 0 Å². The molecule has 0 radical (unpaired) electrons. The standard InChI is InChI=1S/C19H15FN2O3/c20-11-5-6-13-14(9-17(24)21-15(13)8-11)19(25)22-18-12-4-2-1-3-10(12)7-16(18)23/h1-6,8-9,16,18,23H,7H2,(H,21,24)(H,22,25)/t16-,18+/m1/s1. The van der Waals surface area contributed by atoms with Crippen molar-refractivity contribution in [3.63, 3.8) is 0 Å². The Morgan fingerprint density at radius 2 is 2.00 bits per heavy atom. The Hall–Kier alpha value is -2.99. The first-order valence-electron chi connectivity index (χ1n) is 7.92. The zero-order valence-electron chi connectivity index (χ0n) is 13.1. The van der Waals surface area contributed by atoms with Gasteiger partial charge in [-0.15, -0.1) is 0 Å². The molecule has 6 heteroatoms. The molecule has 0 saturated carbocycles. The van der Waals surface area contributed by atoms with Crippen molar-refractivity contribution < 1.29 is 14.3 Å². The number of aromatic amines is 1. The van der Waals surface area contributed by atoms with Gasteiger partial charge in [0.05, 0.1) is 23.2 Å². The van der Waals surface area contributed by atoms with Gasteiger partial charge in [0, 0.05) is 17.9 Å². The van der Waals surface area contributed by atoms with Crippen LogP contribution < -0.4 is 10.9 Å². The molecule has 0 fully saturated rings. The summed E-state index contributed by atoms with van der Waals surface area (Å²) in [5.74, 6) is -0.982. The molecule has 126 valence electrons. The van der Waals surface area contributed by atoms with Crippen molar-refractivity contribution in [1.82, 2.24) is 10.3 Å². The average molecular weight is 338 g/mol. The van der Waals surface area contributed by atoms with Crippen LogP contribution in [-0.2, 0) is 6.42 Å². The minimum Gasteiger partial charge on any atom is -0.390 e. The van der Waals surface area contributed by atoms with Crippen molar-refractivity contribution in [1.29, 1.82) is 0 Å². The molecule has 5 nitrogen and oxygen atoms in total. The molecule has 0 bridgehead atoms. The Labute approximate surface area is 142 Å². The van der Waals surface area contributed by atoms with Crippen molar-refractivity contribution in [3.8, 4) is 0 Å². The number of halogens is 1. The number of pyridine rings is 1. The maximum atomic E-state index is 13.4. The van der Waals surface area contributed by atoms with E-state index in [4.69, 9.17) is 0 Å². The lowest BCUT2D eigenvalue weighted by Gasteiger charge is -2.18. The van der Waals surface area contributed by atoms with Gasteiger partial charge < -0.3 is 15.4 Å². The van der Waals surface area contributed by atoms with Crippen LogP contribution in [0.5, 0.6) is 0 Å². The van der Waals surface area contributed by atoms with Crippen LogP contribution in [0, 0.1) is 5.82 Å². The van der Waals surface area contributed by atoms with Gasteiger partial charge in [0.2, 0.25) is 5.56 Å². The summed E-state index contributed by atoms with van der Waals surface area (Å²) in [6.07, 6.45) is -0.269. The van der Waals surface area contributed by atoms with E-state index in [2.05, 4.69) is 10.3 Å². The van der Waals surface area contributed by atoms with Gasteiger partial charge in [-0.3, -0.25) is 9.59 Å². The quantitative estimate of drug-likeness (QED) is 0.669. The van der Waals surface area contributed by atoms with Gasteiger partial charge in [0.15, 0.2) is 0 Å². The molecule has 1 aromatic heterocycles. The Balaban J connectivity index is 1.73. The highest BCUT2D eigenvalue weighted by molar-refractivity contribution is 6.06. The third kappa shape index (κ3) is 2.70. The van der Waals surface area contributed by atoms with E-state index < -0.39 is 29.4 Å². The molecule has 1 heterocycles. The van der Waals surface area contributed by atoms with Gasteiger partial charge in [-0.2, -0.15) is 0 Å². The smallest absolute Gasteiger partial charge is 0.252 e. The van der Waals surface area contributed by atoms with Crippen LogP contribution in [0.25, 0.3) is 10.9 Å². The van der Waals surface area contributed by atoms with E-state index in [9.17, 15) is 19.1 Å². The van der Waals surface area contributed by atoms with E-state index in [1.165, 1.54) is 24.3 Å². The van der Waals surface area contributed by atoms with Crippen LogP contribution in [0.2, 0.25) is 0 Å². The molecule has 1 aliphatic carbocycles. The fraction of sp³-hybridized carbons (Fsp3) is 0.158. The molecule has 2 aromatic carbocycles. The Morgan fingerprint density at radius 1 is 1.20 bits per heavy atom. The van der Waals surface area contributed by atoms with Crippen LogP contribution in [0.1, 0.15) is 27.5 Å². The van der Waals surface area contributed by atoms with E-state index in [1.807, 2.05) is 24.3 Å². The monoisotopic (exact) mass is 338 g/mol. The number of carbonyl (C=O) groups excluding carboxylic acids is 1. The van der Waals surface area contributed by atoms with Gasteiger partial charge in [-0.1, -0.05) is 24.3 Å². The fourth-order valence-electron chi connectivity index (χ4n) is 3.39. The van der Waals surface area contributed by atoms with Crippen LogP contribution in [0.15, 0.2) is 53.3 Å². The number of hydrogen-bond acceptors (Lipinski definition) is 3. The molecule has 4 rings (SSSR count). The molecule has 25 heavy (non-hydrogen) atoms. The number of rotatable bonds is 2. The lowest BCUT2D eigenvalue weighted by molar-refractivity contribution is 0.0859. The Kier molecular flexibility index (Phi) is 3.62. The molecule has 1 amide bonds. The van der Waals surface area contributed by atoms with Gasteiger partial charge in [-0.05, 0) is 29.3 Å². The lowest BCUT2D eigenvalue weighted by atomic mass is 10.1. The summed E-state index contributed by atoms with van der Waals surface area (Å²) >= 11 is 0. The van der Waals surface area contributed by atoms with E-state index >= 15 is 0 Å².